The molecule has 5 aromatic rings. The summed E-state index contributed by atoms with van der Waals surface area (Å²) in [5.41, 5.74) is 9.99. The standard InChI is InChI=1S/C24H21ClN8O2/c1-31-12-29-17-10-15(5-6-18(17)31)35-20-7-4-14(9-16(20)25)33-24-21(23(26)27-11-28-24)22(30-33)19-3-2-8-32(19)13-34/h4-7,9-13,19H,2-3,8H2,1H3,(H2,26,27,28)/t19-/m0/s1. The number of hydrogen-bond donors (Lipinski definition) is 1. The Morgan fingerprint density at radius 3 is 2.89 bits per heavy atom. The Morgan fingerprint density at radius 2 is 2.06 bits per heavy atom. The largest absolute Gasteiger partial charge is 0.456 e. The van der Waals surface area contributed by atoms with Gasteiger partial charge in [0.25, 0.3) is 0 Å². The molecule has 0 spiro atoms. The average Bonchev–Trinajstić information content (AvgIpc) is 3.57. The molecule has 35 heavy (non-hydrogen) atoms. The van der Waals surface area contributed by atoms with E-state index in [-0.39, 0.29) is 6.04 Å². The van der Waals surface area contributed by atoms with Crippen molar-refractivity contribution in [3.8, 4) is 17.2 Å². The zero-order valence-corrected chi connectivity index (χ0v) is 19.6. The summed E-state index contributed by atoms with van der Waals surface area (Å²) in [5, 5.41) is 5.87. The third-order valence-corrected chi connectivity index (χ3v) is 6.65. The fourth-order valence-corrected chi connectivity index (χ4v) is 4.85. The predicted octanol–water partition coefficient (Wildman–Crippen LogP) is 4.02. The van der Waals surface area contributed by atoms with Gasteiger partial charge in [-0.2, -0.15) is 5.10 Å². The van der Waals surface area contributed by atoms with Gasteiger partial charge in [0.1, 0.15) is 23.6 Å². The maximum Gasteiger partial charge on any atom is 0.210 e. The van der Waals surface area contributed by atoms with E-state index in [4.69, 9.17) is 27.2 Å². The summed E-state index contributed by atoms with van der Waals surface area (Å²) in [5.74, 6) is 1.46. The van der Waals surface area contributed by atoms with Crippen LogP contribution in [0.15, 0.2) is 49.1 Å². The second-order valence-corrected chi connectivity index (χ2v) is 8.89. The number of amides is 1. The molecule has 10 nitrogen and oxygen atoms in total. The van der Waals surface area contributed by atoms with Crippen LogP contribution in [-0.2, 0) is 11.8 Å². The summed E-state index contributed by atoms with van der Waals surface area (Å²) < 4.78 is 9.66. The molecule has 1 saturated heterocycles. The average molecular weight is 489 g/mol. The van der Waals surface area contributed by atoms with Crippen LogP contribution in [0.5, 0.6) is 11.5 Å². The number of aryl methyl sites for hydroxylation is 1. The van der Waals surface area contributed by atoms with Gasteiger partial charge in [-0.05, 0) is 43.2 Å². The van der Waals surface area contributed by atoms with Crippen LogP contribution >= 0.6 is 11.6 Å². The Morgan fingerprint density at radius 1 is 1.17 bits per heavy atom. The number of nitrogens with two attached hydrogens (primary N) is 1. The normalized spacial score (nSPS) is 15.8. The molecule has 0 radical (unpaired) electrons. The second-order valence-electron chi connectivity index (χ2n) is 8.48. The smallest absolute Gasteiger partial charge is 0.210 e. The van der Waals surface area contributed by atoms with E-state index >= 15 is 0 Å². The highest BCUT2D eigenvalue weighted by atomic mass is 35.5. The third kappa shape index (κ3) is 3.53. The van der Waals surface area contributed by atoms with E-state index in [0.29, 0.717) is 51.3 Å². The molecule has 2 N–H and O–H groups in total. The Bertz CT molecular complexity index is 1590. The van der Waals surface area contributed by atoms with Crippen molar-refractivity contribution in [3.63, 3.8) is 0 Å². The number of aromatic nitrogens is 6. The van der Waals surface area contributed by atoms with Crippen LogP contribution in [-0.4, -0.2) is 47.2 Å². The highest BCUT2D eigenvalue weighted by Gasteiger charge is 2.31. The van der Waals surface area contributed by atoms with Crippen LogP contribution in [0.1, 0.15) is 24.6 Å². The molecule has 1 amide bonds. The molecule has 0 bridgehead atoms. The van der Waals surface area contributed by atoms with Gasteiger partial charge in [0.05, 0.1) is 45.2 Å². The van der Waals surface area contributed by atoms with Crippen LogP contribution in [0, 0.1) is 0 Å². The summed E-state index contributed by atoms with van der Waals surface area (Å²) in [7, 11) is 1.94. The van der Waals surface area contributed by atoms with Crippen LogP contribution in [0.2, 0.25) is 5.02 Å². The maximum absolute atomic E-state index is 11.6. The van der Waals surface area contributed by atoms with Crippen LogP contribution in [0.25, 0.3) is 27.8 Å². The number of fused-ring (bicyclic) bond motifs is 2. The molecule has 3 aromatic heterocycles. The number of nitrogens with zero attached hydrogens (tertiary/aromatic N) is 7. The number of halogens is 1. The molecular weight excluding hydrogens is 468 g/mol. The molecule has 176 valence electrons. The van der Waals surface area contributed by atoms with Crippen LogP contribution < -0.4 is 10.5 Å². The fourth-order valence-electron chi connectivity index (χ4n) is 4.63. The van der Waals surface area contributed by atoms with Gasteiger partial charge in [-0.25, -0.2) is 19.6 Å². The number of hydrogen-bond acceptors (Lipinski definition) is 7. The summed E-state index contributed by atoms with van der Waals surface area (Å²) in [6, 6.07) is 10.9. The van der Waals surface area contributed by atoms with Crippen molar-refractivity contribution >= 4 is 45.9 Å². The minimum atomic E-state index is -0.177. The molecule has 1 fully saturated rings. The zero-order valence-electron chi connectivity index (χ0n) is 18.8. The Kier molecular flexibility index (Phi) is 5.03. The lowest BCUT2D eigenvalue weighted by Crippen LogP contribution is -2.22. The highest BCUT2D eigenvalue weighted by molar-refractivity contribution is 6.32. The molecule has 0 unspecified atom stereocenters. The minimum Gasteiger partial charge on any atom is -0.456 e. The Balaban J connectivity index is 1.38. The van der Waals surface area contributed by atoms with Gasteiger partial charge in [0, 0.05) is 19.7 Å². The predicted molar refractivity (Wildman–Crippen MR) is 132 cm³/mol. The first-order valence-corrected chi connectivity index (χ1v) is 11.5. The van der Waals surface area contributed by atoms with Gasteiger partial charge >= 0.3 is 0 Å². The summed E-state index contributed by atoms with van der Waals surface area (Å²) in [6.45, 7) is 0.679. The number of nitrogen functional groups attached to an aromatic ring is 1. The number of carbonyl (C=O) groups excluding carboxylic acids is 1. The SMILES string of the molecule is Cn1cnc2cc(Oc3ccc(-n4nc([C@@H]5CCCN5C=O)c5c(N)ncnc54)cc3Cl)ccc21. The van der Waals surface area contributed by atoms with Crippen molar-refractivity contribution in [2.45, 2.75) is 18.9 Å². The van der Waals surface area contributed by atoms with Gasteiger partial charge < -0.3 is 19.9 Å². The molecule has 1 atom stereocenters. The van der Waals surface area contributed by atoms with Crippen molar-refractivity contribution in [1.82, 2.24) is 34.2 Å². The monoisotopic (exact) mass is 488 g/mol. The summed E-state index contributed by atoms with van der Waals surface area (Å²) in [6.07, 6.45) is 5.71. The maximum atomic E-state index is 11.6. The molecule has 0 saturated carbocycles. The zero-order chi connectivity index (χ0) is 24.1. The Labute approximate surface area is 204 Å². The molecule has 2 aromatic carbocycles. The number of rotatable bonds is 5. The van der Waals surface area contributed by atoms with Crippen molar-refractivity contribution < 1.29 is 9.53 Å². The van der Waals surface area contributed by atoms with E-state index in [1.165, 1.54) is 6.33 Å². The molecule has 6 rings (SSSR count). The molecule has 4 heterocycles. The number of imidazole rings is 1. The molecule has 1 aliphatic rings. The van der Waals surface area contributed by atoms with E-state index in [1.807, 2.05) is 35.9 Å². The number of anilines is 1. The molecule has 0 aliphatic carbocycles. The molecule has 11 heteroatoms. The van der Waals surface area contributed by atoms with Crippen molar-refractivity contribution in [2.24, 2.45) is 7.05 Å². The molecular formula is C24H21ClN8O2. The van der Waals surface area contributed by atoms with E-state index in [9.17, 15) is 4.79 Å². The number of ether oxygens (including phenoxy) is 1. The van der Waals surface area contributed by atoms with Crippen molar-refractivity contribution in [2.75, 3.05) is 12.3 Å². The van der Waals surface area contributed by atoms with E-state index in [2.05, 4.69) is 15.0 Å². The van der Waals surface area contributed by atoms with Crippen molar-refractivity contribution in [1.29, 1.82) is 0 Å². The van der Waals surface area contributed by atoms with E-state index in [0.717, 1.165) is 30.3 Å². The second kappa shape index (κ2) is 8.24. The lowest BCUT2D eigenvalue weighted by molar-refractivity contribution is -0.119. The summed E-state index contributed by atoms with van der Waals surface area (Å²) >= 11 is 6.62. The number of likely N-dealkylation sites (tertiary alicyclic amines) is 1. The van der Waals surface area contributed by atoms with Gasteiger partial charge in [0.15, 0.2) is 5.65 Å². The van der Waals surface area contributed by atoms with E-state index < -0.39 is 0 Å². The van der Waals surface area contributed by atoms with Crippen molar-refractivity contribution in [3.05, 3.63) is 59.8 Å². The first-order valence-electron chi connectivity index (χ1n) is 11.1. The lowest BCUT2D eigenvalue weighted by atomic mass is 10.1. The number of benzene rings is 2. The summed E-state index contributed by atoms with van der Waals surface area (Å²) in [4.78, 5) is 26.3. The highest BCUT2D eigenvalue weighted by Crippen LogP contribution is 2.38. The van der Waals surface area contributed by atoms with Gasteiger partial charge in [-0.15, -0.1) is 0 Å². The number of carbonyl (C=O) groups is 1. The minimum absolute atomic E-state index is 0.177. The molecule has 1 aliphatic heterocycles. The van der Waals surface area contributed by atoms with Gasteiger partial charge in [-0.3, -0.25) is 4.79 Å². The van der Waals surface area contributed by atoms with Gasteiger partial charge in [-0.1, -0.05) is 11.6 Å². The quantitative estimate of drug-likeness (QED) is 0.371. The lowest BCUT2D eigenvalue weighted by Gasteiger charge is -2.18. The topological polar surface area (TPSA) is 117 Å². The fraction of sp³-hybridized carbons (Fsp3) is 0.208. The first-order chi connectivity index (χ1) is 17.0. The van der Waals surface area contributed by atoms with E-state index in [1.54, 1.807) is 28.0 Å². The Hall–Kier alpha value is -4.18. The van der Waals surface area contributed by atoms with Gasteiger partial charge in [0.2, 0.25) is 6.41 Å². The first kappa shape index (κ1) is 21.4. The van der Waals surface area contributed by atoms with Crippen LogP contribution in [0.3, 0.4) is 0 Å². The third-order valence-electron chi connectivity index (χ3n) is 6.35. The van der Waals surface area contributed by atoms with Crippen LogP contribution in [0.4, 0.5) is 5.82 Å².